The highest BCUT2D eigenvalue weighted by Gasteiger charge is 2.31. The van der Waals surface area contributed by atoms with E-state index in [4.69, 9.17) is 0 Å². The van der Waals surface area contributed by atoms with E-state index in [0.717, 1.165) is 0 Å². The summed E-state index contributed by atoms with van der Waals surface area (Å²) in [5.74, 6) is -0.541. The van der Waals surface area contributed by atoms with E-state index in [1.807, 2.05) is 0 Å². The summed E-state index contributed by atoms with van der Waals surface area (Å²) in [7, 11) is 0. The predicted octanol–water partition coefficient (Wildman–Crippen LogP) is 2.26. The van der Waals surface area contributed by atoms with Crippen molar-refractivity contribution in [3.63, 3.8) is 0 Å². The molecule has 5 nitrogen and oxygen atoms in total. The number of rotatable bonds is 1. The number of phenolic OH excluding ortho intramolecular Hbond substituents is 4. The van der Waals surface area contributed by atoms with Gasteiger partial charge in [-0.15, -0.1) is 11.8 Å². The molecule has 6 heteroatoms. The van der Waals surface area contributed by atoms with Gasteiger partial charge in [-0.05, 0) is 23.8 Å². The fourth-order valence-electron chi connectivity index (χ4n) is 2.47. The number of phenols is 4. The standard InChI is InChI=1S/C15H14O5S/c16-8-4-11(18)9-6-13(20)15(21-14(9)5-8)7-1-2-10(17)12(19)3-7/h1-5,13,15-20H,6H2. The molecule has 0 amide bonds. The maximum atomic E-state index is 10.3. The van der Waals surface area contributed by atoms with Gasteiger partial charge < -0.3 is 25.5 Å². The van der Waals surface area contributed by atoms with Crippen molar-refractivity contribution in [3.8, 4) is 23.0 Å². The minimum atomic E-state index is -0.748. The Morgan fingerprint density at radius 1 is 0.905 bits per heavy atom. The smallest absolute Gasteiger partial charge is 0.157 e. The first-order valence-corrected chi connectivity index (χ1v) is 7.25. The van der Waals surface area contributed by atoms with Crippen molar-refractivity contribution in [2.75, 3.05) is 0 Å². The van der Waals surface area contributed by atoms with Crippen LogP contribution in [0.1, 0.15) is 16.4 Å². The Morgan fingerprint density at radius 3 is 2.38 bits per heavy atom. The maximum Gasteiger partial charge on any atom is 0.157 e. The molecule has 0 saturated heterocycles. The first-order valence-electron chi connectivity index (χ1n) is 6.37. The Kier molecular flexibility index (Phi) is 3.35. The molecule has 0 spiro atoms. The number of benzene rings is 2. The maximum absolute atomic E-state index is 10.3. The molecule has 2 atom stereocenters. The average Bonchev–Trinajstić information content (AvgIpc) is 2.42. The van der Waals surface area contributed by atoms with Crippen LogP contribution >= 0.6 is 11.8 Å². The van der Waals surface area contributed by atoms with Crippen molar-refractivity contribution in [2.24, 2.45) is 0 Å². The first kappa shape index (κ1) is 13.9. The van der Waals surface area contributed by atoms with Crippen LogP contribution in [0.25, 0.3) is 0 Å². The average molecular weight is 306 g/mol. The van der Waals surface area contributed by atoms with Crippen LogP contribution in [0.2, 0.25) is 0 Å². The lowest BCUT2D eigenvalue weighted by Gasteiger charge is -2.30. The third kappa shape index (κ3) is 2.48. The molecule has 2 aromatic rings. The van der Waals surface area contributed by atoms with Gasteiger partial charge in [-0.2, -0.15) is 0 Å². The van der Waals surface area contributed by atoms with Crippen LogP contribution in [0.4, 0.5) is 0 Å². The van der Waals surface area contributed by atoms with Gasteiger partial charge in [0.2, 0.25) is 0 Å². The third-order valence-corrected chi connectivity index (χ3v) is 4.97. The molecule has 1 aliphatic heterocycles. The number of fused-ring (bicyclic) bond motifs is 1. The summed E-state index contributed by atoms with van der Waals surface area (Å²) < 4.78 is 0. The summed E-state index contributed by atoms with van der Waals surface area (Å²) >= 11 is 1.30. The monoisotopic (exact) mass is 306 g/mol. The Morgan fingerprint density at radius 2 is 1.67 bits per heavy atom. The summed E-state index contributed by atoms with van der Waals surface area (Å²) in [4.78, 5) is 0.690. The summed E-state index contributed by atoms with van der Waals surface area (Å²) in [6.45, 7) is 0. The van der Waals surface area contributed by atoms with Gasteiger partial charge >= 0.3 is 0 Å². The van der Waals surface area contributed by atoms with Gasteiger partial charge in [0.25, 0.3) is 0 Å². The molecule has 0 saturated carbocycles. The number of hydrogen-bond donors (Lipinski definition) is 5. The molecule has 1 aliphatic rings. The van der Waals surface area contributed by atoms with Crippen molar-refractivity contribution < 1.29 is 25.5 Å². The molecule has 0 radical (unpaired) electrons. The van der Waals surface area contributed by atoms with Gasteiger partial charge in [-0.3, -0.25) is 0 Å². The largest absolute Gasteiger partial charge is 0.508 e. The van der Waals surface area contributed by atoms with Crippen LogP contribution in [-0.2, 0) is 6.42 Å². The zero-order valence-electron chi connectivity index (χ0n) is 10.9. The van der Waals surface area contributed by atoms with E-state index >= 15 is 0 Å². The van der Waals surface area contributed by atoms with Gasteiger partial charge in [-0.25, -0.2) is 0 Å². The minimum absolute atomic E-state index is 0.0384. The van der Waals surface area contributed by atoms with Gasteiger partial charge in [-0.1, -0.05) is 6.07 Å². The zero-order valence-corrected chi connectivity index (χ0v) is 11.7. The van der Waals surface area contributed by atoms with Crippen LogP contribution in [0.3, 0.4) is 0 Å². The molecule has 2 unspecified atom stereocenters. The van der Waals surface area contributed by atoms with Gasteiger partial charge in [0, 0.05) is 22.9 Å². The zero-order chi connectivity index (χ0) is 15.1. The summed E-state index contributed by atoms with van der Waals surface area (Å²) in [5.41, 5.74) is 1.26. The van der Waals surface area contributed by atoms with E-state index in [9.17, 15) is 25.5 Å². The fraction of sp³-hybridized carbons (Fsp3) is 0.200. The topological polar surface area (TPSA) is 101 Å². The van der Waals surface area contributed by atoms with Crippen LogP contribution in [0.5, 0.6) is 23.0 Å². The second kappa shape index (κ2) is 5.05. The highest BCUT2D eigenvalue weighted by atomic mass is 32.2. The lowest BCUT2D eigenvalue weighted by molar-refractivity contribution is 0.167. The second-order valence-corrected chi connectivity index (χ2v) is 6.18. The fourth-order valence-corrected chi connectivity index (χ4v) is 3.79. The van der Waals surface area contributed by atoms with Gasteiger partial charge in [0.05, 0.1) is 11.4 Å². The lowest BCUT2D eigenvalue weighted by atomic mass is 9.99. The molecule has 3 rings (SSSR count). The van der Waals surface area contributed by atoms with Crippen LogP contribution in [-0.4, -0.2) is 31.6 Å². The molecular formula is C15H14O5S. The van der Waals surface area contributed by atoms with Crippen molar-refractivity contribution in [2.45, 2.75) is 22.7 Å². The number of aromatic hydroxyl groups is 4. The molecule has 21 heavy (non-hydrogen) atoms. The van der Waals surface area contributed by atoms with E-state index < -0.39 is 6.10 Å². The second-order valence-electron chi connectivity index (χ2n) is 5.00. The summed E-state index contributed by atoms with van der Waals surface area (Å²) in [6.07, 6.45) is -0.498. The Labute approximate surface area is 125 Å². The Balaban J connectivity index is 2.00. The minimum Gasteiger partial charge on any atom is -0.508 e. The third-order valence-electron chi connectivity index (χ3n) is 3.51. The molecule has 0 fully saturated rings. The molecule has 5 N–H and O–H groups in total. The van der Waals surface area contributed by atoms with E-state index in [1.54, 1.807) is 12.1 Å². The number of aliphatic hydroxyl groups is 1. The molecule has 0 aliphatic carbocycles. The van der Waals surface area contributed by atoms with Crippen LogP contribution in [0, 0.1) is 0 Å². The number of hydrogen-bond acceptors (Lipinski definition) is 6. The molecular weight excluding hydrogens is 292 g/mol. The predicted molar refractivity (Wildman–Crippen MR) is 77.9 cm³/mol. The number of aliphatic hydroxyl groups excluding tert-OH is 1. The van der Waals surface area contributed by atoms with Gasteiger partial charge in [0.1, 0.15) is 11.5 Å². The van der Waals surface area contributed by atoms with Crippen LogP contribution < -0.4 is 0 Å². The number of thioether (sulfide) groups is 1. The van der Waals surface area contributed by atoms with Crippen molar-refractivity contribution in [1.29, 1.82) is 0 Å². The van der Waals surface area contributed by atoms with E-state index in [0.29, 0.717) is 16.0 Å². The highest BCUT2D eigenvalue weighted by molar-refractivity contribution is 7.99. The SMILES string of the molecule is Oc1cc(O)c2c(c1)SC(c1ccc(O)c(O)c1)C(O)C2. The Bertz CT molecular complexity index is 701. The van der Waals surface area contributed by atoms with E-state index in [-0.39, 0.29) is 34.7 Å². The van der Waals surface area contributed by atoms with E-state index in [2.05, 4.69) is 0 Å². The van der Waals surface area contributed by atoms with Gasteiger partial charge in [0.15, 0.2) is 11.5 Å². The normalized spacial score (nSPS) is 21.0. The quantitative estimate of drug-likeness (QED) is 0.518. The highest BCUT2D eigenvalue weighted by Crippen LogP contribution is 2.49. The van der Waals surface area contributed by atoms with Crippen LogP contribution in [0.15, 0.2) is 35.2 Å². The molecule has 2 aromatic carbocycles. The van der Waals surface area contributed by atoms with Crippen molar-refractivity contribution in [3.05, 3.63) is 41.5 Å². The molecule has 1 heterocycles. The van der Waals surface area contributed by atoms with Crippen molar-refractivity contribution in [1.82, 2.24) is 0 Å². The summed E-state index contributed by atoms with van der Waals surface area (Å²) in [5, 5.41) is 48.3. The van der Waals surface area contributed by atoms with Crippen molar-refractivity contribution >= 4 is 11.8 Å². The Hall–Kier alpha value is -2.05. The molecule has 0 bridgehead atoms. The molecule has 110 valence electrons. The molecule has 0 aromatic heterocycles. The first-order chi connectivity index (χ1) is 9.95. The van der Waals surface area contributed by atoms with E-state index in [1.165, 1.54) is 30.0 Å². The lowest BCUT2D eigenvalue weighted by Crippen LogP contribution is -2.23. The summed E-state index contributed by atoms with van der Waals surface area (Å²) in [6, 6.07) is 7.19.